The molecule has 0 unspecified atom stereocenters. The average molecular weight is 200 g/mol. The van der Waals surface area contributed by atoms with Gasteiger partial charge in [0, 0.05) is 5.39 Å². The van der Waals surface area contributed by atoms with E-state index < -0.39 is 5.82 Å². The molecule has 1 aromatic heterocycles. The van der Waals surface area contributed by atoms with Crippen LogP contribution in [0, 0.1) is 24.1 Å². The lowest BCUT2D eigenvalue weighted by atomic mass is 9.88. The maximum absolute atomic E-state index is 13.4. The standard InChI is InChI=1S/C10H6BFN2O/c1-4-6(11)2-7(12)9-8(4)5(3-13)10(14)15-9/h2H,14H2,1H3. The molecule has 1 heterocycles. The van der Waals surface area contributed by atoms with Crippen molar-refractivity contribution in [2.24, 2.45) is 0 Å². The highest BCUT2D eigenvalue weighted by Gasteiger charge is 2.18. The summed E-state index contributed by atoms with van der Waals surface area (Å²) in [7, 11) is 5.59. The van der Waals surface area contributed by atoms with Crippen LogP contribution < -0.4 is 11.2 Å². The molecule has 5 heteroatoms. The van der Waals surface area contributed by atoms with Crippen LogP contribution in [0.25, 0.3) is 11.0 Å². The van der Waals surface area contributed by atoms with Gasteiger partial charge in [0.1, 0.15) is 19.5 Å². The number of nitriles is 1. The van der Waals surface area contributed by atoms with Crippen molar-refractivity contribution in [2.75, 3.05) is 5.73 Å². The molecule has 0 saturated carbocycles. The lowest BCUT2D eigenvalue weighted by Gasteiger charge is -2.01. The molecule has 3 nitrogen and oxygen atoms in total. The number of aryl methyl sites for hydroxylation is 1. The highest BCUT2D eigenvalue weighted by atomic mass is 19.1. The van der Waals surface area contributed by atoms with Crippen LogP contribution >= 0.6 is 0 Å². The molecule has 0 bridgehead atoms. The summed E-state index contributed by atoms with van der Waals surface area (Å²) in [6.45, 7) is 1.69. The predicted octanol–water partition coefficient (Wildman–Crippen LogP) is 1.13. The Morgan fingerprint density at radius 2 is 2.27 bits per heavy atom. The summed E-state index contributed by atoms with van der Waals surface area (Å²) >= 11 is 0. The first-order valence-electron chi connectivity index (χ1n) is 4.23. The van der Waals surface area contributed by atoms with E-state index in [-0.39, 0.29) is 22.5 Å². The van der Waals surface area contributed by atoms with Gasteiger partial charge < -0.3 is 10.2 Å². The molecule has 72 valence electrons. The van der Waals surface area contributed by atoms with E-state index in [1.165, 1.54) is 0 Å². The molecule has 0 aliphatic carbocycles. The molecule has 0 aliphatic heterocycles. The summed E-state index contributed by atoms with van der Waals surface area (Å²) in [5, 5.41) is 9.21. The molecule has 2 rings (SSSR count). The van der Waals surface area contributed by atoms with Gasteiger partial charge in [0.15, 0.2) is 11.4 Å². The van der Waals surface area contributed by atoms with Gasteiger partial charge in [0.25, 0.3) is 0 Å². The molecule has 15 heavy (non-hydrogen) atoms. The van der Waals surface area contributed by atoms with Crippen LogP contribution in [0.1, 0.15) is 11.1 Å². The Bertz CT molecular complexity index is 598. The molecule has 0 aliphatic rings. The van der Waals surface area contributed by atoms with Gasteiger partial charge >= 0.3 is 0 Å². The third-order valence-corrected chi connectivity index (χ3v) is 2.35. The molecule has 2 radical (unpaired) electrons. The van der Waals surface area contributed by atoms with E-state index in [9.17, 15) is 4.39 Å². The van der Waals surface area contributed by atoms with Crippen LogP contribution in [0.4, 0.5) is 10.3 Å². The van der Waals surface area contributed by atoms with Crippen LogP contribution in [0.5, 0.6) is 0 Å². The van der Waals surface area contributed by atoms with Crippen molar-refractivity contribution >= 4 is 30.2 Å². The van der Waals surface area contributed by atoms with Crippen molar-refractivity contribution in [2.45, 2.75) is 6.92 Å². The number of fused-ring (bicyclic) bond motifs is 1. The highest BCUT2D eigenvalue weighted by molar-refractivity contribution is 6.34. The van der Waals surface area contributed by atoms with E-state index in [4.69, 9.17) is 23.3 Å². The van der Waals surface area contributed by atoms with Gasteiger partial charge in [-0.05, 0) is 18.6 Å². The number of hydrogen-bond donors (Lipinski definition) is 1. The largest absolute Gasteiger partial charge is 0.436 e. The van der Waals surface area contributed by atoms with Gasteiger partial charge in [0.05, 0.1) is 0 Å². The summed E-state index contributed by atoms with van der Waals surface area (Å²) < 4.78 is 18.4. The zero-order valence-corrected chi connectivity index (χ0v) is 7.97. The number of benzene rings is 1. The fourth-order valence-corrected chi connectivity index (χ4v) is 1.54. The van der Waals surface area contributed by atoms with Crippen LogP contribution in [0.2, 0.25) is 0 Å². The molecule has 0 fully saturated rings. The second kappa shape index (κ2) is 3.02. The number of anilines is 1. The quantitative estimate of drug-likeness (QED) is 0.648. The summed E-state index contributed by atoms with van der Waals surface area (Å²) in [6.07, 6.45) is 0. The molecule has 0 saturated heterocycles. The van der Waals surface area contributed by atoms with Crippen molar-refractivity contribution in [3.63, 3.8) is 0 Å². The van der Waals surface area contributed by atoms with Crippen molar-refractivity contribution in [1.29, 1.82) is 5.26 Å². The number of nitrogen functional groups attached to an aromatic ring is 1. The first-order valence-corrected chi connectivity index (χ1v) is 4.23. The molecule has 0 amide bonds. The SMILES string of the molecule is [B]c1cc(F)c2oc(N)c(C#N)c2c1C. The molecular formula is C10H6BFN2O. The fraction of sp³-hybridized carbons (Fsp3) is 0.100. The summed E-state index contributed by atoms with van der Waals surface area (Å²) in [5.41, 5.74) is 6.45. The van der Waals surface area contributed by atoms with E-state index in [2.05, 4.69) is 0 Å². The second-order valence-corrected chi connectivity index (χ2v) is 3.23. The number of rotatable bonds is 0. The van der Waals surface area contributed by atoms with Crippen molar-refractivity contribution in [1.82, 2.24) is 0 Å². The van der Waals surface area contributed by atoms with Gasteiger partial charge in [-0.15, -0.1) is 0 Å². The van der Waals surface area contributed by atoms with Gasteiger partial charge in [0.2, 0.25) is 5.88 Å². The minimum absolute atomic E-state index is 0.0178. The van der Waals surface area contributed by atoms with Crippen LogP contribution in [0.15, 0.2) is 10.5 Å². The lowest BCUT2D eigenvalue weighted by molar-refractivity contribution is 0.571. The highest BCUT2D eigenvalue weighted by Crippen LogP contribution is 2.30. The van der Waals surface area contributed by atoms with E-state index in [1.54, 1.807) is 6.92 Å². The van der Waals surface area contributed by atoms with Crippen LogP contribution in [0.3, 0.4) is 0 Å². The predicted molar refractivity (Wildman–Crippen MR) is 55.4 cm³/mol. The normalized spacial score (nSPS) is 10.5. The topological polar surface area (TPSA) is 62.9 Å². The van der Waals surface area contributed by atoms with Gasteiger partial charge in [-0.3, -0.25) is 0 Å². The number of nitrogens with two attached hydrogens (primary N) is 1. The van der Waals surface area contributed by atoms with E-state index in [0.717, 1.165) is 6.07 Å². The van der Waals surface area contributed by atoms with Crippen molar-refractivity contribution in [3.05, 3.63) is 23.0 Å². The van der Waals surface area contributed by atoms with Gasteiger partial charge in [-0.1, -0.05) is 5.46 Å². The Morgan fingerprint density at radius 1 is 1.60 bits per heavy atom. The summed E-state index contributed by atoms with van der Waals surface area (Å²) in [4.78, 5) is 0. The lowest BCUT2D eigenvalue weighted by Crippen LogP contribution is -2.08. The maximum Gasteiger partial charge on any atom is 0.209 e. The Balaban J connectivity index is 3.06. The number of hydrogen-bond acceptors (Lipinski definition) is 3. The number of furan rings is 1. The third kappa shape index (κ3) is 1.18. The van der Waals surface area contributed by atoms with Crippen molar-refractivity contribution < 1.29 is 8.81 Å². The molecule has 0 spiro atoms. The summed E-state index contributed by atoms with van der Waals surface area (Å²) in [5.74, 6) is -0.693. The smallest absolute Gasteiger partial charge is 0.209 e. The Kier molecular flexibility index (Phi) is 1.93. The minimum atomic E-state index is -0.610. The van der Waals surface area contributed by atoms with E-state index in [1.807, 2.05) is 6.07 Å². The molecule has 0 atom stereocenters. The Morgan fingerprint density at radius 3 is 2.87 bits per heavy atom. The fourth-order valence-electron chi connectivity index (χ4n) is 1.54. The Labute approximate surface area is 86.7 Å². The zero-order valence-electron chi connectivity index (χ0n) is 7.97. The second-order valence-electron chi connectivity index (χ2n) is 3.23. The molecule has 2 N–H and O–H groups in total. The average Bonchev–Trinajstić information content (AvgIpc) is 2.52. The minimum Gasteiger partial charge on any atom is -0.436 e. The monoisotopic (exact) mass is 200 g/mol. The molecule has 2 aromatic rings. The van der Waals surface area contributed by atoms with E-state index in [0.29, 0.717) is 10.9 Å². The summed E-state index contributed by atoms with van der Waals surface area (Å²) in [6, 6.07) is 3.03. The number of halogens is 1. The maximum atomic E-state index is 13.4. The number of nitrogens with zero attached hydrogens (tertiary/aromatic N) is 1. The van der Waals surface area contributed by atoms with Crippen LogP contribution in [-0.4, -0.2) is 7.85 Å². The Hall–Kier alpha value is -1.96. The molecular weight excluding hydrogens is 194 g/mol. The van der Waals surface area contributed by atoms with Gasteiger partial charge in [-0.25, -0.2) is 4.39 Å². The van der Waals surface area contributed by atoms with Crippen molar-refractivity contribution in [3.8, 4) is 6.07 Å². The third-order valence-electron chi connectivity index (χ3n) is 2.35. The van der Waals surface area contributed by atoms with E-state index >= 15 is 0 Å². The first-order chi connectivity index (χ1) is 7.06. The molecule has 1 aromatic carbocycles. The van der Waals surface area contributed by atoms with Crippen LogP contribution in [-0.2, 0) is 0 Å². The zero-order chi connectivity index (χ0) is 11.2. The first kappa shape index (κ1) is 9.59. The van der Waals surface area contributed by atoms with Gasteiger partial charge in [-0.2, -0.15) is 5.26 Å².